The Hall–Kier alpha value is -0.120. The minimum absolute atomic E-state index is 0.396. The first-order valence-electron chi connectivity index (χ1n) is 4.68. The average molecular weight is 174 g/mol. The Bertz CT molecular complexity index is 96.5. The molecular weight excluding hydrogens is 152 g/mol. The summed E-state index contributed by atoms with van der Waals surface area (Å²) >= 11 is 0. The smallest absolute Gasteiger partial charge is 0.0591 e. The van der Waals surface area contributed by atoms with Crippen LogP contribution < -0.4 is 11.1 Å². The van der Waals surface area contributed by atoms with E-state index >= 15 is 0 Å². The summed E-state index contributed by atoms with van der Waals surface area (Å²) in [6.45, 7) is 9.57. The van der Waals surface area contributed by atoms with Crippen LogP contribution in [0, 0.1) is 5.92 Å². The molecule has 0 amide bonds. The second-order valence-corrected chi connectivity index (χ2v) is 3.56. The van der Waals surface area contributed by atoms with Crippen molar-refractivity contribution in [2.24, 2.45) is 11.7 Å². The van der Waals surface area contributed by atoms with Crippen LogP contribution >= 0.6 is 0 Å². The molecule has 0 rings (SSSR count). The Kier molecular flexibility index (Phi) is 7.45. The van der Waals surface area contributed by atoms with E-state index < -0.39 is 0 Å². The third kappa shape index (κ3) is 7.98. The first kappa shape index (κ1) is 11.9. The van der Waals surface area contributed by atoms with Crippen LogP contribution in [0.1, 0.15) is 20.8 Å². The van der Waals surface area contributed by atoms with Gasteiger partial charge in [0.2, 0.25) is 0 Å². The Morgan fingerprint density at radius 1 is 1.33 bits per heavy atom. The van der Waals surface area contributed by atoms with E-state index in [1.54, 1.807) is 0 Å². The summed E-state index contributed by atoms with van der Waals surface area (Å²) in [6, 6.07) is 0.396. The lowest BCUT2D eigenvalue weighted by atomic mass is 10.2. The zero-order valence-electron chi connectivity index (χ0n) is 8.47. The molecule has 74 valence electrons. The molecule has 0 saturated heterocycles. The van der Waals surface area contributed by atoms with Crippen molar-refractivity contribution in [2.75, 3.05) is 26.3 Å². The van der Waals surface area contributed by atoms with E-state index in [0.717, 1.165) is 19.8 Å². The van der Waals surface area contributed by atoms with Crippen molar-refractivity contribution < 1.29 is 4.74 Å². The quantitative estimate of drug-likeness (QED) is 0.555. The molecule has 0 radical (unpaired) electrons. The number of hydrogen-bond donors (Lipinski definition) is 2. The summed E-state index contributed by atoms with van der Waals surface area (Å²) < 4.78 is 5.39. The molecule has 0 saturated carbocycles. The summed E-state index contributed by atoms with van der Waals surface area (Å²) in [5.74, 6) is 0.622. The molecule has 12 heavy (non-hydrogen) atoms. The molecule has 0 aliphatic heterocycles. The van der Waals surface area contributed by atoms with Gasteiger partial charge in [-0.15, -0.1) is 0 Å². The highest BCUT2D eigenvalue weighted by molar-refractivity contribution is 4.59. The maximum Gasteiger partial charge on any atom is 0.0591 e. The second-order valence-electron chi connectivity index (χ2n) is 3.56. The van der Waals surface area contributed by atoms with E-state index in [-0.39, 0.29) is 0 Å². The zero-order valence-corrected chi connectivity index (χ0v) is 8.47. The van der Waals surface area contributed by atoms with Crippen molar-refractivity contribution in [2.45, 2.75) is 26.8 Å². The lowest BCUT2D eigenvalue weighted by molar-refractivity contribution is 0.110. The van der Waals surface area contributed by atoms with Crippen molar-refractivity contribution >= 4 is 0 Å². The molecule has 0 bridgehead atoms. The maximum absolute atomic E-state index is 5.43. The molecule has 0 spiro atoms. The SMILES string of the molecule is CC(C)COCCNC(C)CN. The van der Waals surface area contributed by atoms with Crippen LogP contribution in [0.5, 0.6) is 0 Å². The van der Waals surface area contributed by atoms with Crippen LogP contribution in [0.15, 0.2) is 0 Å². The van der Waals surface area contributed by atoms with Crippen LogP contribution in [0.2, 0.25) is 0 Å². The number of nitrogens with one attached hydrogen (secondary N) is 1. The highest BCUT2D eigenvalue weighted by Gasteiger charge is 1.96. The molecule has 0 aromatic heterocycles. The molecule has 0 aromatic carbocycles. The van der Waals surface area contributed by atoms with E-state index in [0.29, 0.717) is 18.5 Å². The molecule has 0 fully saturated rings. The molecule has 0 heterocycles. The van der Waals surface area contributed by atoms with Gasteiger partial charge in [-0.05, 0) is 12.8 Å². The van der Waals surface area contributed by atoms with Gasteiger partial charge in [-0.1, -0.05) is 13.8 Å². The zero-order chi connectivity index (χ0) is 9.40. The second kappa shape index (κ2) is 7.53. The van der Waals surface area contributed by atoms with Crippen LogP contribution in [0.3, 0.4) is 0 Å². The van der Waals surface area contributed by atoms with Gasteiger partial charge in [-0.3, -0.25) is 0 Å². The van der Waals surface area contributed by atoms with Crippen molar-refractivity contribution in [3.63, 3.8) is 0 Å². The molecule has 3 heteroatoms. The third-order valence-electron chi connectivity index (χ3n) is 1.54. The predicted molar refractivity (Wildman–Crippen MR) is 52.2 cm³/mol. The fourth-order valence-corrected chi connectivity index (χ4v) is 0.780. The van der Waals surface area contributed by atoms with E-state index in [1.807, 2.05) is 0 Å². The lowest BCUT2D eigenvalue weighted by Gasteiger charge is -2.11. The third-order valence-corrected chi connectivity index (χ3v) is 1.54. The fourth-order valence-electron chi connectivity index (χ4n) is 0.780. The van der Waals surface area contributed by atoms with Gasteiger partial charge < -0.3 is 15.8 Å². The number of rotatable bonds is 7. The molecular formula is C9H22N2O. The summed E-state index contributed by atoms with van der Waals surface area (Å²) in [4.78, 5) is 0. The molecule has 0 aliphatic rings. The molecule has 3 nitrogen and oxygen atoms in total. The average Bonchev–Trinajstić information content (AvgIpc) is 2.03. The van der Waals surface area contributed by atoms with Gasteiger partial charge in [0.25, 0.3) is 0 Å². The molecule has 1 atom stereocenters. The minimum Gasteiger partial charge on any atom is -0.380 e. The van der Waals surface area contributed by atoms with Crippen molar-refractivity contribution in [3.8, 4) is 0 Å². The van der Waals surface area contributed by atoms with E-state index in [2.05, 4.69) is 26.1 Å². The Morgan fingerprint density at radius 2 is 2.00 bits per heavy atom. The van der Waals surface area contributed by atoms with Crippen LogP contribution in [0.25, 0.3) is 0 Å². The van der Waals surface area contributed by atoms with Crippen molar-refractivity contribution in [1.82, 2.24) is 5.32 Å². The monoisotopic (exact) mass is 174 g/mol. The standard InChI is InChI=1S/C9H22N2O/c1-8(2)7-12-5-4-11-9(3)6-10/h8-9,11H,4-7,10H2,1-3H3. The van der Waals surface area contributed by atoms with Crippen LogP contribution in [-0.4, -0.2) is 32.3 Å². The number of ether oxygens (including phenoxy) is 1. The van der Waals surface area contributed by atoms with Crippen molar-refractivity contribution in [1.29, 1.82) is 0 Å². The van der Waals surface area contributed by atoms with Gasteiger partial charge in [0.05, 0.1) is 6.61 Å². The summed E-state index contributed by atoms with van der Waals surface area (Å²) in [7, 11) is 0. The first-order chi connectivity index (χ1) is 5.66. The highest BCUT2D eigenvalue weighted by atomic mass is 16.5. The van der Waals surface area contributed by atoms with Gasteiger partial charge in [0.15, 0.2) is 0 Å². The Morgan fingerprint density at radius 3 is 2.50 bits per heavy atom. The molecule has 0 aromatic rings. The molecule has 3 N–H and O–H groups in total. The number of nitrogens with two attached hydrogens (primary N) is 1. The van der Waals surface area contributed by atoms with Crippen LogP contribution in [-0.2, 0) is 4.74 Å². The van der Waals surface area contributed by atoms with Gasteiger partial charge in [-0.25, -0.2) is 0 Å². The molecule has 0 aliphatic carbocycles. The van der Waals surface area contributed by atoms with E-state index in [1.165, 1.54) is 0 Å². The first-order valence-corrected chi connectivity index (χ1v) is 4.68. The maximum atomic E-state index is 5.43. The van der Waals surface area contributed by atoms with Gasteiger partial charge >= 0.3 is 0 Å². The summed E-state index contributed by atoms with van der Waals surface area (Å²) in [5.41, 5.74) is 5.43. The fraction of sp³-hybridized carbons (Fsp3) is 1.00. The van der Waals surface area contributed by atoms with Crippen molar-refractivity contribution in [3.05, 3.63) is 0 Å². The van der Waals surface area contributed by atoms with Gasteiger partial charge in [0, 0.05) is 25.7 Å². The predicted octanol–water partition coefficient (Wildman–Crippen LogP) is 0.596. The number of hydrogen-bond acceptors (Lipinski definition) is 3. The summed E-state index contributed by atoms with van der Waals surface area (Å²) in [6.07, 6.45) is 0. The topological polar surface area (TPSA) is 47.3 Å². The Labute approximate surface area is 75.7 Å². The van der Waals surface area contributed by atoms with E-state index in [4.69, 9.17) is 10.5 Å². The van der Waals surface area contributed by atoms with Crippen LogP contribution in [0.4, 0.5) is 0 Å². The van der Waals surface area contributed by atoms with Gasteiger partial charge in [-0.2, -0.15) is 0 Å². The van der Waals surface area contributed by atoms with Gasteiger partial charge in [0.1, 0.15) is 0 Å². The largest absolute Gasteiger partial charge is 0.380 e. The minimum atomic E-state index is 0.396. The lowest BCUT2D eigenvalue weighted by Crippen LogP contribution is -2.35. The molecule has 1 unspecified atom stereocenters. The Balaban J connectivity index is 3.00. The normalized spacial score (nSPS) is 13.8. The highest BCUT2D eigenvalue weighted by Crippen LogP contribution is 1.91. The summed E-state index contributed by atoms with van der Waals surface area (Å²) in [5, 5.41) is 3.26. The van der Waals surface area contributed by atoms with E-state index in [9.17, 15) is 0 Å².